The van der Waals surface area contributed by atoms with Gasteiger partial charge in [-0.15, -0.1) is 0 Å². The van der Waals surface area contributed by atoms with Gasteiger partial charge in [0.2, 0.25) is 0 Å². The van der Waals surface area contributed by atoms with Gasteiger partial charge in [-0.1, -0.05) is 18.2 Å². The highest BCUT2D eigenvalue weighted by atomic mass is 32.2. The molecular formula is C21H20N2O4S. The lowest BCUT2D eigenvalue weighted by molar-refractivity contribution is 0.102. The van der Waals surface area contributed by atoms with Crippen LogP contribution in [0.2, 0.25) is 0 Å². The zero-order valence-electron chi connectivity index (χ0n) is 15.5. The van der Waals surface area contributed by atoms with Crippen LogP contribution in [0.4, 0.5) is 11.4 Å². The number of rotatable bonds is 6. The van der Waals surface area contributed by atoms with Gasteiger partial charge in [0.25, 0.3) is 15.9 Å². The molecule has 28 heavy (non-hydrogen) atoms. The third-order valence-electron chi connectivity index (χ3n) is 4.13. The quantitative estimate of drug-likeness (QED) is 0.658. The lowest BCUT2D eigenvalue weighted by Gasteiger charge is -2.12. The summed E-state index contributed by atoms with van der Waals surface area (Å²) in [7, 11) is -2.11. The number of ether oxygens (including phenoxy) is 1. The normalized spacial score (nSPS) is 10.9. The SMILES string of the molecule is COc1ccc(NC(=O)c2ccc(NS(=O)(=O)c3ccccc3)c(C)c2)cc1. The maximum absolute atomic E-state index is 12.5. The largest absolute Gasteiger partial charge is 0.497 e. The molecule has 1 amide bonds. The van der Waals surface area contributed by atoms with Crippen molar-refractivity contribution in [1.82, 2.24) is 0 Å². The molecule has 0 atom stereocenters. The minimum Gasteiger partial charge on any atom is -0.497 e. The summed E-state index contributed by atoms with van der Waals surface area (Å²) in [6.45, 7) is 1.74. The second kappa shape index (κ2) is 8.14. The number of sulfonamides is 1. The summed E-state index contributed by atoms with van der Waals surface area (Å²) in [5.74, 6) is 0.412. The third-order valence-corrected chi connectivity index (χ3v) is 5.52. The lowest BCUT2D eigenvalue weighted by atomic mass is 10.1. The van der Waals surface area contributed by atoms with E-state index in [-0.39, 0.29) is 10.8 Å². The van der Waals surface area contributed by atoms with Crippen LogP contribution in [0.25, 0.3) is 0 Å². The van der Waals surface area contributed by atoms with Crippen LogP contribution in [0.5, 0.6) is 5.75 Å². The molecule has 0 aromatic heterocycles. The Morgan fingerprint density at radius 2 is 1.61 bits per heavy atom. The van der Waals surface area contributed by atoms with Crippen LogP contribution in [-0.2, 0) is 10.0 Å². The predicted octanol–water partition coefficient (Wildman–Crippen LogP) is 4.06. The predicted molar refractivity (Wildman–Crippen MR) is 109 cm³/mol. The standard InChI is InChI=1S/C21H20N2O4S/c1-15-14-16(21(24)22-17-9-11-18(27-2)12-10-17)8-13-20(15)23-28(25,26)19-6-4-3-5-7-19/h3-14,23H,1-2H3,(H,22,24). The third kappa shape index (κ3) is 4.50. The molecule has 3 aromatic rings. The Morgan fingerprint density at radius 3 is 2.21 bits per heavy atom. The molecule has 2 N–H and O–H groups in total. The number of aryl methyl sites for hydroxylation is 1. The van der Waals surface area contributed by atoms with Crippen molar-refractivity contribution in [3.8, 4) is 5.75 Å². The summed E-state index contributed by atoms with van der Waals surface area (Å²) in [5.41, 5.74) is 2.13. The van der Waals surface area contributed by atoms with Crippen LogP contribution in [0, 0.1) is 6.92 Å². The highest BCUT2D eigenvalue weighted by Gasteiger charge is 2.16. The molecule has 3 aromatic carbocycles. The van der Waals surface area contributed by atoms with Crippen molar-refractivity contribution in [2.45, 2.75) is 11.8 Å². The summed E-state index contributed by atoms with van der Waals surface area (Å²) in [5, 5.41) is 2.80. The van der Waals surface area contributed by atoms with Gasteiger partial charge in [-0.05, 0) is 67.1 Å². The number of anilines is 2. The van der Waals surface area contributed by atoms with Gasteiger partial charge < -0.3 is 10.1 Å². The Kier molecular flexibility index (Phi) is 5.65. The van der Waals surface area contributed by atoms with Gasteiger partial charge in [0.1, 0.15) is 5.75 Å². The van der Waals surface area contributed by atoms with Crippen LogP contribution in [-0.4, -0.2) is 21.4 Å². The smallest absolute Gasteiger partial charge is 0.261 e. The summed E-state index contributed by atoms with van der Waals surface area (Å²) in [4.78, 5) is 12.6. The first kappa shape index (κ1) is 19.4. The molecule has 0 spiro atoms. The average molecular weight is 396 g/mol. The average Bonchev–Trinajstić information content (AvgIpc) is 2.70. The fraction of sp³-hybridized carbons (Fsp3) is 0.0952. The molecule has 0 aliphatic carbocycles. The number of carbonyl (C=O) groups excluding carboxylic acids is 1. The van der Waals surface area contributed by atoms with Crippen LogP contribution in [0.15, 0.2) is 77.7 Å². The van der Waals surface area contributed by atoms with Crippen molar-refractivity contribution in [1.29, 1.82) is 0 Å². The van der Waals surface area contributed by atoms with Crippen LogP contribution in [0.3, 0.4) is 0 Å². The summed E-state index contributed by atoms with van der Waals surface area (Å²) >= 11 is 0. The Labute approximate surface area is 164 Å². The number of methoxy groups -OCH3 is 1. The first-order valence-corrected chi connectivity index (χ1v) is 10.0. The molecule has 0 aliphatic rings. The Morgan fingerprint density at radius 1 is 0.929 bits per heavy atom. The number of carbonyl (C=O) groups is 1. The van der Waals surface area contributed by atoms with Gasteiger partial charge >= 0.3 is 0 Å². The summed E-state index contributed by atoms with van der Waals surface area (Å²) in [6.07, 6.45) is 0. The van der Waals surface area contributed by atoms with Gasteiger partial charge in [-0.3, -0.25) is 9.52 Å². The second-order valence-corrected chi connectivity index (χ2v) is 7.81. The van der Waals surface area contributed by atoms with Gasteiger partial charge in [-0.25, -0.2) is 8.42 Å². The maximum atomic E-state index is 12.5. The van der Waals surface area contributed by atoms with Crippen LogP contribution < -0.4 is 14.8 Å². The number of hydrogen-bond acceptors (Lipinski definition) is 4. The zero-order chi connectivity index (χ0) is 20.1. The molecule has 0 radical (unpaired) electrons. The molecule has 144 valence electrons. The van der Waals surface area contributed by atoms with E-state index in [1.807, 2.05) is 0 Å². The maximum Gasteiger partial charge on any atom is 0.261 e. The lowest BCUT2D eigenvalue weighted by Crippen LogP contribution is -2.15. The molecule has 0 saturated heterocycles. The van der Waals surface area contributed by atoms with E-state index in [9.17, 15) is 13.2 Å². The number of nitrogens with one attached hydrogen (secondary N) is 2. The van der Waals surface area contributed by atoms with Crippen molar-refractivity contribution < 1.29 is 17.9 Å². The molecule has 0 heterocycles. The molecule has 0 aliphatic heterocycles. The van der Waals surface area contributed by atoms with E-state index in [4.69, 9.17) is 4.74 Å². The first-order chi connectivity index (χ1) is 13.4. The van der Waals surface area contributed by atoms with Crippen molar-refractivity contribution in [2.75, 3.05) is 17.1 Å². The van der Waals surface area contributed by atoms with E-state index in [0.717, 1.165) is 0 Å². The van der Waals surface area contributed by atoms with E-state index in [1.165, 1.54) is 12.1 Å². The highest BCUT2D eigenvalue weighted by Crippen LogP contribution is 2.22. The minimum absolute atomic E-state index is 0.177. The van der Waals surface area contributed by atoms with Crippen molar-refractivity contribution in [2.24, 2.45) is 0 Å². The number of amides is 1. The van der Waals surface area contributed by atoms with Crippen molar-refractivity contribution in [3.05, 3.63) is 83.9 Å². The Bertz CT molecular complexity index is 1080. The van der Waals surface area contributed by atoms with Gasteiger partial charge in [0, 0.05) is 11.3 Å². The molecular weight excluding hydrogens is 376 g/mol. The Hall–Kier alpha value is -3.32. The second-order valence-electron chi connectivity index (χ2n) is 6.13. The van der Waals surface area contributed by atoms with E-state index in [0.29, 0.717) is 28.3 Å². The zero-order valence-corrected chi connectivity index (χ0v) is 16.3. The van der Waals surface area contributed by atoms with Crippen molar-refractivity contribution in [3.63, 3.8) is 0 Å². The van der Waals surface area contributed by atoms with Gasteiger partial charge in [0.15, 0.2) is 0 Å². The van der Waals surface area contributed by atoms with Crippen LogP contribution in [0.1, 0.15) is 15.9 Å². The number of benzene rings is 3. The minimum atomic E-state index is -3.69. The molecule has 0 bridgehead atoms. The molecule has 3 rings (SSSR count). The molecule has 0 unspecified atom stereocenters. The van der Waals surface area contributed by atoms with Gasteiger partial charge in [-0.2, -0.15) is 0 Å². The molecule has 6 nitrogen and oxygen atoms in total. The molecule has 0 fully saturated rings. The fourth-order valence-corrected chi connectivity index (χ4v) is 3.75. The summed E-state index contributed by atoms with van der Waals surface area (Å²) in [6, 6.07) is 19.9. The van der Waals surface area contributed by atoms with Crippen LogP contribution >= 0.6 is 0 Å². The topological polar surface area (TPSA) is 84.5 Å². The number of hydrogen-bond donors (Lipinski definition) is 2. The first-order valence-electron chi connectivity index (χ1n) is 8.53. The fourth-order valence-electron chi connectivity index (χ4n) is 2.60. The highest BCUT2D eigenvalue weighted by molar-refractivity contribution is 7.92. The van der Waals surface area contributed by atoms with E-state index in [2.05, 4.69) is 10.0 Å². The van der Waals surface area contributed by atoms with E-state index < -0.39 is 10.0 Å². The van der Waals surface area contributed by atoms with E-state index in [1.54, 1.807) is 74.7 Å². The van der Waals surface area contributed by atoms with Crippen molar-refractivity contribution >= 4 is 27.3 Å². The van der Waals surface area contributed by atoms with E-state index >= 15 is 0 Å². The van der Waals surface area contributed by atoms with Gasteiger partial charge in [0.05, 0.1) is 17.7 Å². The Balaban J connectivity index is 1.75. The summed E-state index contributed by atoms with van der Waals surface area (Å²) < 4.78 is 32.6. The monoisotopic (exact) mass is 396 g/mol. The molecule has 0 saturated carbocycles. The molecule has 7 heteroatoms.